The Morgan fingerprint density at radius 1 is 1.27 bits per heavy atom. The minimum Gasteiger partial charge on any atom is -0.497 e. The third kappa shape index (κ3) is 4.75. The van der Waals surface area contributed by atoms with Gasteiger partial charge in [0.25, 0.3) is 0 Å². The van der Waals surface area contributed by atoms with E-state index in [-0.39, 0.29) is 17.7 Å². The van der Waals surface area contributed by atoms with Crippen molar-refractivity contribution in [3.05, 3.63) is 30.6 Å². The van der Waals surface area contributed by atoms with Crippen LogP contribution in [0.1, 0.15) is 25.7 Å². The van der Waals surface area contributed by atoms with Crippen molar-refractivity contribution in [1.29, 1.82) is 0 Å². The van der Waals surface area contributed by atoms with Gasteiger partial charge in [-0.1, -0.05) is 24.6 Å². The van der Waals surface area contributed by atoms with Crippen LogP contribution in [0, 0.1) is 0 Å². The smallest absolute Gasteiger partial charge is 0.321 e. The number of carbonyl (C=O) groups excluding carboxylic acids is 2. The maximum Gasteiger partial charge on any atom is 0.321 e. The number of benzene rings is 1. The number of rotatable bonds is 6. The molecule has 2 aromatic rings. The molecule has 1 aromatic carbocycles. The monoisotopic (exact) mass is 375 g/mol. The molecule has 0 radical (unpaired) electrons. The summed E-state index contributed by atoms with van der Waals surface area (Å²) >= 11 is 1.22. The van der Waals surface area contributed by atoms with Crippen LogP contribution in [-0.4, -0.2) is 45.6 Å². The molecule has 1 aromatic heterocycles. The first-order valence-electron chi connectivity index (χ1n) is 8.43. The van der Waals surface area contributed by atoms with Crippen molar-refractivity contribution in [2.45, 2.75) is 36.9 Å². The van der Waals surface area contributed by atoms with Crippen molar-refractivity contribution in [2.75, 3.05) is 12.9 Å². The number of hydrogen-bond acceptors (Lipinski definition) is 6. The van der Waals surface area contributed by atoms with E-state index in [9.17, 15) is 9.59 Å². The Morgan fingerprint density at radius 3 is 2.69 bits per heavy atom. The van der Waals surface area contributed by atoms with Crippen LogP contribution >= 0.6 is 11.8 Å². The van der Waals surface area contributed by atoms with Crippen LogP contribution in [-0.2, 0) is 4.79 Å². The van der Waals surface area contributed by atoms with Gasteiger partial charge >= 0.3 is 6.03 Å². The average Bonchev–Trinajstić information content (AvgIpc) is 3.31. The second-order valence-electron chi connectivity index (χ2n) is 5.97. The summed E-state index contributed by atoms with van der Waals surface area (Å²) in [5.74, 6) is 0.464. The molecule has 8 nitrogen and oxygen atoms in total. The highest BCUT2D eigenvalue weighted by Gasteiger charge is 2.18. The van der Waals surface area contributed by atoms with Crippen molar-refractivity contribution in [2.24, 2.45) is 0 Å². The molecule has 1 heterocycles. The first-order valence-corrected chi connectivity index (χ1v) is 9.42. The van der Waals surface area contributed by atoms with Gasteiger partial charge in [-0.3, -0.25) is 14.7 Å². The third-order valence-electron chi connectivity index (χ3n) is 4.14. The Labute approximate surface area is 155 Å². The lowest BCUT2D eigenvalue weighted by Gasteiger charge is -2.12. The fourth-order valence-corrected chi connectivity index (χ4v) is 3.56. The van der Waals surface area contributed by atoms with Gasteiger partial charge in [0.15, 0.2) is 5.16 Å². The van der Waals surface area contributed by atoms with Gasteiger partial charge in [0, 0.05) is 11.7 Å². The summed E-state index contributed by atoms with van der Waals surface area (Å²) in [6.45, 7) is 0. The highest BCUT2D eigenvalue weighted by atomic mass is 32.2. The Morgan fingerprint density at radius 2 is 2.00 bits per heavy atom. The largest absolute Gasteiger partial charge is 0.497 e. The summed E-state index contributed by atoms with van der Waals surface area (Å²) in [4.78, 5) is 23.8. The maximum absolute atomic E-state index is 12.0. The summed E-state index contributed by atoms with van der Waals surface area (Å²) in [6.07, 6.45) is 5.77. The maximum atomic E-state index is 12.0. The van der Waals surface area contributed by atoms with Crippen molar-refractivity contribution in [3.8, 4) is 11.4 Å². The number of hydrogen-bond donors (Lipinski definition) is 2. The van der Waals surface area contributed by atoms with Crippen molar-refractivity contribution < 1.29 is 14.3 Å². The predicted octanol–water partition coefficient (Wildman–Crippen LogP) is 2.14. The van der Waals surface area contributed by atoms with Gasteiger partial charge in [-0.05, 0) is 37.1 Å². The molecular formula is C17H21N5O3S. The fourth-order valence-electron chi connectivity index (χ4n) is 2.83. The van der Waals surface area contributed by atoms with Crippen LogP contribution in [0.25, 0.3) is 5.69 Å². The summed E-state index contributed by atoms with van der Waals surface area (Å²) < 4.78 is 6.92. The van der Waals surface area contributed by atoms with E-state index in [0.717, 1.165) is 37.1 Å². The van der Waals surface area contributed by atoms with Crippen LogP contribution in [0.4, 0.5) is 4.79 Å². The molecule has 0 unspecified atom stereocenters. The number of carbonyl (C=O) groups is 2. The Hall–Kier alpha value is -2.55. The molecule has 1 aliphatic carbocycles. The number of imide groups is 1. The summed E-state index contributed by atoms with van der Waals surface area (Å²) in [6, 6.07) is 7.17. The molecular weight excluding hydrogens is 354 g/mol. The Kier molecular flexibility index (Phi) is 6.11. The molecule has 3 amide bonds. The average molecular weight is 375 g/mol. The van der Waals surface area contributed by atoms with E-state index in [4.69, 9.17) is 4.74 Å². The van der Waals surface area contributed by atoms with Gasteiger partial charge in [-0.15, -0.1) is 10.2 Å². The standard InChI is InChI=1S/C17H21N5O3S/c1-25-14-8-6-13(7-9-14)22-11-18-21-17(22)26-10-15(23)20-16(24)19-12-4-2-3-5-12/h6-9,11-12H,2-5,10H2,1H3,(H2,19,20,23,24). The highest BCUT2D eigenvalue weighted by Crippen LogP contribution is 2.21. The number of methoxy groups -OCH3 is 1. The number of urea groups is 1. The lowest BCUT2D eigenvalue weighted by Crippen LogP contribution is -2.44. The lowest BCUT2D eigenvalue weighted by molar-refractivity contribution is -0.117. The zero-order valence-electron chi connectivity index (χ0n) is 14.5. The number of thioether (sulfide) groups is 1. The second kappa shape index (κ2) is 8.70. The summed E-state index contributed by atoms with van der Waals surface area (Å²) in [7, 11) is 1.61. The van der Waals surface area contributed by atoms with Gasteiger partial charge in [0.05, 0.1) is 12.9 Å². The second-order valence-corrected chi connectivity index (χ2v) is 6.92. The Bertz CT molecular complexity index is 756. The number of nitrogens with one attached hydrogen (secondary N) is 2. The molecule has 0 spiro atoms. The minimum absolute atomic E-state index is 0.0763. The molecule has 3 rings (SSSR count). The molecule has 0 aliphatic heterocycles. The van der Waals surface area contributed by atoms with Crippen LogP contribution in [0.5, 0.6) is 5.75 Å². The zero-order valence-corrected chi connectivity index (χ0v) is 15.3. The van der Waals surface area contributed by atoms with Gasteiger partial charge in [-0.25, -0.2) is 4.79 Å². The number of amides is 3. The van der Waals surface area contributed by atoms with Crippen LogP contribution in [0.2, 0.25) is 0 Å². The summed E-state index contributed by atoms with van der Waals surface area (Å²) in [5.41, 5.74) is 0.859. The molecule has 1 saturated carbocycles. The molecule has 0 bridgehead atoms. The van der Waals surface area contributed by atoms with Crippen molar-refractivity contribution in [1.82, 2.24) is 25.4 Å². The molecule has 26 heavy (non-hydrogen) atoms. The number of nitrogens with zero attached hydrogens (tertiary/aromatic N) is 3. The highest BCUT2D eigenvalue weighted by molar-refractivity contribution is 7.99. The minimum atomic E-state index is -0.431. The van der Waals surface area contributed by atoms with Crippen LogP contribution < -0.4 is 15.4 Å². The SMILES string of the molecule is COc1ccc(-n2cnnc2SCC(=O)NC(=O)NC2CCCC2)cc1. The van der Waals surface area contributed by atoms with E-state index in [0.29, 0.717) is 5.16 Å². The first kappa shape index (κ1) is 18.2. The van der Waals surface area contributed by atoms with Gasteiger partial charge in [-0.2, -0.15) is 0 Å². The van der Waals surface area contributed by atoms with E-state index in [2.05, 4.69) is 20.8 Å². The van der Waals surface area contributed by atoms with E-state index in [1.807, 2.05) is 24.3 Å². The molecule has 0 saturated heterocycles. The molecule has 1 aliphatic rings. The lowest BCUT2D eigenvalue weighted by atomic mass is 10.2. The van der Waals surface area contributed by atoms with E-state index >= 15 is 0 Å². The molecule has 2 N–H and O–H groups in total. The van der Waals surface area contributed by atoms with E-state index < -0.39 is 6.03 Å². The third-order valence-corrected chi connectivity index (χ3v) is 5.09. The van der Waals surface area contributed by atoms with Gasteiger partial charge < -0.3 is 10.1 Å². The predicted molar refractivity (Wildman–Crippen MR) is 97.6 cm³/mol. The topological polar surface area (TPSA) is 98.1 Å². The molecule has 1 fully saturated rings. The quantitative estimate of drug-likeness (QED) is 0.751. The van der Waals surface area contributed by atoms with Crippen molar-refractivity contribution >= 4 is 23.7 Å². The fraction of sp³-hybridized carbons (Fsp3) is 0.412. The normalized spacial score (nSPS) is 14.2. The van der Waals surface area contributed by atoms with Crippen molar-refractivity contribution in [3.63, 3.8) is 0 Å². The van der Waals surface area contributed by atoms with E-state index in [1.54, 1.807) is 18.0 Å². The Balaban J connectivity index is 1.52. The molecule has 138 valence electrons. The summed E-state index contributed by atoms with van der Waals surface area (Å²) in [5, 5.41) is 13.7. The van der Waals surface area contributed by atoms with Crippen LogP contribution in [0.3, 0.4) is 0 Å². The first-order chi connectivity index (χ1) is 12.7. The van der Waals surface area contributed by atoms with E-state index in [1.165, 1.54) is 11.8 Å². The molecule has 9 heteroatoms. The van der Waals surface area contributed by atoms with Gasteiger partial charge in [0.1, 0.15) is 12.1 Å². The number of ether oxygens (including phenoxy) is 1. The van der Waals surface area contributed by atoms with Crippen LogP contribution in [0.15, 0.2) is 35.7 Å². The number of aromatic nitrogens is 3. The zero-order chi connectivity index (χ0) is 18.4. The molecule has 0 atom stereocenters. The van der Waals surface area contributed by atoms with Gasteiger partial charge in [0.2, 0.25) is 5.91 Å².